The van der Waals surface area contributed by atoms with E-state index in [4.69, 9.17) is 9.16 Å². The van der Waals surface area contributed by atoms with Crippen LogP contribution in [-0.2, 0) is 11.3 Å². The predicted octanol–water partition coefficient (Wildman–Crippen LogP) is 6.72. The molecule has 0 saturated heterocycles. The molecule has 4 bridgehead atoms. The van der Waals surface area contributed by atoms with Gasteiger partial charge in [0, 0.05) is 0 Å². The van der Waals surface area contributed by atoms with Gasteiger partial charge >= 0.3 is 0 Å². The lowest BCUT2D eigenvalue weighted by Gasteiger charge is -2.57. The van der Waals surface area contributed by atoms with Crippen molar-refractivity contribution in [1.29, 1.82) is 0 Å². The Morgan fingerprint density at radius 1 is 1.11 bits per heavy atom. The summed E-state index contributed by atoms with van der Waals surface area (Å²) in [4.78, 5) is 0. The summed E-state index contributed by atoms with van der Waals surface area (Å²) >= 11 is 0. The first-order chi connectivity index (χ1) is 12.6. The molecule has 5 rings (SSSR count). The van der Waals surface area contributed by atoms with Crippen molar-refractivity contribution in [2.75, 3.05) is 0 Å². The second-order valence-electron chi connectivity index (χ2n) is 10.9. The minimum atomic E-state index is -1.81. The maximum absolute atomic E-state index is 6.65. The zero-order chi connectivity index (χ0) is 19.4. The Morgan fingerprint density at radius 2 is 1.78 bits per heavy atom. The van der Waals surface area contributed by atoms with Crippen molar-refractivity contribution in [2.45, 2.75) is 83.2 Å². The zero-order valence-electron chi connectivity index (χ0n) is 17.8. The second-order valence-corrected chi connectivity index (χ2v) is 15.6. The molecule has 2 nitrogen and oxygen atoms in total. The summed E-state index contributed by atoms with van der Waals surface area (Å²) in [5.41, 5.74) is 2.56. The van der Waals surface area contributed by atoms with Gasteiger partial charge in [-0.05, 0) is 91.3 Å². The molecule has 0 heterocycles. The number of hydrogen-bond donors (Lipinski definition) is 0. The van der Waals surface area contributed by atoms with Crippen LogP contribution in [0, 0.1) is 17.8 Å². The molecule has 1 aromatic rings. The Balaban J connectivity index is 1.46. The van der Waals surface area contributed by atoms with Gasteiger partial charge in [0.25, 0.3) is 0 Å². The van der Waals surface area contributed by atoms with E-state index in [0.717, 1.165) is 17.6 Å². The van der Waals surface area contributed by atoms with E-state index in [2.05, 4.69) is 64.7 Å². The standard InChI is InChI=1S/C24H36O2Si/c1-17-21-11-19-10-20(12-21)15-24(17,14-19)25-16-18-8-7-9-22(13-18)26-27(5,6)23(2,3)4/h7-9,13,19-21H,1,10-12,14-16H2,2-6H3. The summed E-state index contributed by atoms with van der Waals surface area (Å²) in [6, 6.07) is 8.55. The van der Waals surface area contributed by atoms with E-state index in [9.17, 15) is 0 Å². The fourth-order valence-electron chi connectivity index (χ4n) is 5.41. The topological polar surface area (TPSA) is 18.5 Å². The molecule has 2 unspecified atom stereocenters. The van der Waals surface area contributed by atoms with Gasteiger partial charge in [-0.1, -0.05) is 39.5 Å². The normalized spacial score (nSPS) is 32.8. The van der Waals surface area contributed by atoms with Crippen molar-refractivity contribution >= 4 is 8.32 Å². The van der Waals surface area contributed by atoms with Crippen LogP contribution in [0.2, 0.25) is 18.1 Å². The molecule has 148 valence electrons. The Morgan fingerprint density at radius 3 is 2.41 bits per heavy atom. The molecule has 1 aromatic carbocycles. The van der Waals surface area contributed by atoms with Gasteiger partial charge in [0.1, 0.15) is 5.75 Å². The third-order valence-electron chi connectivity index (χ3n) is 7.81. The molecule has 0 aliphatic heterocycles. The van der Waals surface area contributed by atoms with E-state index in [0.29, 0.717) is 12.5 Å². The zero-order valence-corrected chi connectivity index (χ0v) is 18.8. The van der Waals surface area contributed by atoms with Gasteiger partial charge in [0.05, 0.1) is 12.2 Å². The maximum Gasteiger partial charge on any atom is 0.250 e. The lowest BCUT2D eigenvalue weighted by molar-refractivity contribution is -0.127. The van der Waals surface area contributed by atoms with Crippen LogP contribution in [0.3, 0.4) is 0 Å². The monoisotopic (exact) mass is 384 g/mol. The smallest absolute Gasteiger partial charge is 0.250 e. The van der Waals surface area contributed by atoms with Gasteiger partial charge in [0.2, 0.25) is 8.32 Å². The molecule has 3 heteroatoms. The summed E-state index contributed by atoms with van der Waals surface area (Å²) in [7, 11) is -1.81. The first-order valence-electron chi connectivity index (χ1n) is 10.7. The number of benzene rings is 1. The highest BCUT2D eigenvalue weighted by molar-refractivity contribution is 6.74. The number of hydrogen-bond acceptors (Lipinski definition) is 2. The Hall–Kier alpha value is -1.06. The van der Waals surface area contributed by atoms with Crippen molar-refractivity contribution in [3.05, 3.63) is 42.0 Å². The van der Waals surface area contributed by atoms with Gasteiger partial charge in [0.15, 0.2) is 0 Å². The van der Waals surface area contributed by atoms with Crippen LogP contribution >= 0.6 is 0 Å². The van der Waals surface area contributed by atoms with Crippen molar-refractivity contribution in [2.24, 2.45) is 17.8 Å². The Labute approximate surface area is 166 Å². The SMILES string of the molecule is C=C1C2CC3CC(C2)CC1(OCc1cccc(O[Si](C)(C)C(C)(C)C)c1)C3. The quantitative estimate of drug-likeness (QED) is 0.414. The minimum absolute atomic E-state index is 0.0506. The first kappa shape index (κ1) is 19.3. The highest BCUT2D eigenvalue weighted by Gasteiger charge is 2.54. The summed E-state index contributed by atoms with van der Waals surface area (Å²) in [5.74, 6) is 3.43. The summed E-state index contributed by atoms with van der Waals surface area (Å²) in [5, 5.41) is 0.205. The average molecular weight is 385 g/mol. The molecule has 4 fully saturated rings. The van der Waals surface area contributed by atoms with Crippen LogP contribution in [0.4, 0.5) is 0 Å². The largest absolute Gasteiger partial charge is 0.543 e. The van der Waals surface area contributed by atoms with Crippen molar-refractivity contribution in [1.82, 2.24) is 0 Å². The van der Waals surface area contributed by atoms with Gasteiger partial charge in [-0.3, -0.25) is 0 Å². The summed E-state index contributed by atoms with van der Waals surface area (Å²) < 4.78 is 13.1. The van der Waals surface area contributed by atoms with Gasteiger partial charge in [-0.2, -0.15) is 0 Å². The van der Waals surface area contributed by atoms with E-state index in [1.807, 2.05) is 0 Å². The van der Waals surface area contributed by atoms with Crippen LogP contribution in [0.5, 0.6) is 5.75 Å². The molecular formula is C24H36O2Si. The lowest BCUT2D eigenvalue weighted by atomic mass is 9.52. The third-order valence-corrected chi connectivity index (χ3v) is 12.2. The summed E-state index contributed by atoms with van der Waals surface area (Å²) in [6.07, 6.45) is 6.52. The highest BCUT2D eigenvalue weighted by Crippen LogP contribution is 2.59. The maximum atomic E-state index is 6.65. The molecule has 0 amide bonds. The first-order valence-corrected chi connectivity index (χ1v) is 13.6. The fourth-order valence-corrected chi connectivity index (χ4v) is 6.43. The van der Waals surface area contributed by atoms with E-state index >= 15 is 0 Å². The minimum Gasteiger partial charge on any atom is -0.543 e. The van der Waals surface area contributed by atoms with Crippen LogP contribution in [-0.4, -0.2) is 13.9 Å². The Bertz CT molecular complexity index is 716. The molecule has 0 aromatic heterocycles. The van der Waals surface area contributed by atoms with Crippen LogP contribution in [0.25, 0.3) is 0 Å². The third kappa shape index (κ3) is 3.53. The molecule has 27 heavy (non-hydrogen) atoms. The van der Waals surface area contributed by atoms with Crippen LogP contribution in [0.15, 0.2) is 36.4 Å². The van der Waals surface area contributed by atoms with Crippen molar-refractivity contribution in [3.63, 3.8) is 0 Å². The number of rotatable bonds is 5. The lowest BCUT2D eigenvalue weighted by Crippen LogP contribution is -2.53. The molecule has 0 N–H and O–H groups in total. The van der Waals surface area contributed by atoms with E-state index in [1.54, 1.807) is 0 Å². The van der Waals surface area contributed by atoms with Crippen molar-refractivity contribution < 1.29 is 9.16 Å². The molecule has 2 atom stereocenters. The van der Waals surface area contributed by atoms with E-state index < -0.39 is 8.32 Å². The predicted molar refractivity (Wildman–Crippen MR) is 114 cm³/mol. The van der Waals surface area contributed by atoms with Gasteiger partial charge < -0.3 is 9.16 Å². The molecule has 4 aliphatic rings. The van der Waals surface area contributed by atoms with E-state index in [-0.39, 0.29) is 10.6 Å². The van der Waals surface area contributed by atoms with Crippen LogP contribution in [0.1, 0.15) is 58.4 Å². The molecular weight excluding hydrogens is 348 g/mol. The fraction of sp³-hybridized carbons (Fsp3) is 0.667. The Kier molecular flexibility index (Phi) is 4.63. The molecule has 4 saturated carbocycles. The van der Waals surface area contributed by atoms with Gasteiger partial charge in [-0.15, -0.1) is 0 Å². The molecule has 0 radical (unpaired) electrons. The van der Waals surface area contributed by atoms with Gasteiger partial charge in [-0.25, -0.2) is 0 Å². The second kappa shape index (κ2) is 6.49. The van der Waals surface area contributed by atoms with E-state index in [1.165, 1.54) is 43.2 Å². The average Bonchev–Trinajstić information content (AvgIpc) is 2.56. The number of ether oxygens (including phenoxy) is 1. The molecule has 0 spiro atoms. The summed E-state index contributed by atoms with van der Waals surface area (Å²) in [6.45, 7) is 16.6. The highest BCUT2D eigenvalue weighted by atomic mass is 28.4. The molecule has 4 aliphatic carbocycles. The van der Waals surface area contributed by atoms with Crippen molar-refractivity contribution in [3.8, 4) is 5.75 Å². The van der Waals surface area contributed by atoms with Crippen LogP contribution < -0.4 is 4.43 Å².